The summed E-state index contributed by atoms with van der Waals surface area (Å²) in [6.45, 7) is 2.54. The second kappa shape index (κ2) is 6.93. The Labute approximate surface area is 163 Å². The Morgan fingerprint density at radius 1 is 0.963 bits per heavy atom. The van der Waals surface area contributed by atoms with Crippen molar-refractivity contribution in [3.8, 4) is 11.3 Å². The summed E-state index contributed by atoms with van der Waals surface area (Å²) in [5.41, 5.74) is 10.1. The summed E-state index contributed by atoms with van der Waals surface area (Å²) in [4.78, 5) is 11.9. The van der Waals surface area contributed by atoms with Crippen LogP contribution in [0.3, 0.4) is 0 Å². The third kappa shape index (κ3) is 3.34. The van der Waals surface area contributed by atoms with Crippen LogP contribution in [0.15, 0.2) is 72.8 Å². The summed E-state index contributed by atoms with van der Waals surface area (Å²) < 4.78 is 2.12. The van der Waals surface area contributed by atoms with Gasteiger partial charge in [-0.25, -0.2) is 0 Å². The lowest BCUT2D eigenvalue weighted by atomic mass is 10.0. The monoisotopic (exact) mass is 374 g/mol. The van der Waals surface area contributed by atoms with Crippen molar-refractivity contribution < 1.29 is 4.79 Å². The molecule has 3 nitrogen and oxygen atoms in total. The molecular weight excluding hydrogens is 356 g/mol. The first-order valence-electron chi connectivity index (χ1n) is 8.76. The Hall–Kier alpha value is -3.04. The SMILES string of the molecule is Cc1c(C(N)=O)cc(-c2ccc3ccccc3c2)n1Cc1cccc(Cl)c1. The van der Waals surface area contributed by atoms with Crippen molar-refractivity contribution in [3.05, 3.63) is 94.6 Å². The molecule has 0 aliphatic carbocycles. The lowest BCUT2D eigenvalue weighted by Crippen LogP contribution is -2.12. The maximum Gasteiger partial charge on any atom is 0.250 e. The van der Waals surface area contributed by atoms with E-state index in [4.69, 9.17) is 17.3 Å². The highest BCUT2D eigenvalue weighted by Crippen LogP contribution is 2.29. The lowest BCUT2D eigenvalue weighted by molar-refractivity contribution is 0.0999. The molecule has 1 amide bonds. The zero-order valence-corrected chi connectivity index (χ0v) is 15.7. The van der Waals surface area contributed by atoms with Gasteiger partial charge in [-0.05, 0) is 53.1 Å². The second-order valence-electron chi connectivity index (χ2n) is 6.67. The van der Waals surface area contributed by atoms with Crippen molar-refractivity contribution in [3.63, 3.8) is 0 Å². The van der Waals surface area contributed by atoms with Gasteiger partial charge in [-0.1, -0.05) is 60.1 Å². The molecule has 0 aliphatic rings. The second-order valence-corrected chi connectivity index (χ2v) is 7.11. The minimum atomic E-state index is -0.417. The quantitative estimate of drug-likeness (QED) is 0.509. The maximum absolute atomic E-state index is 11.9. The molecule has 0 radical (unpaired) electrons. The molecule has 0 saturated carbocycles. The minimum absolute atomic E-state index is 0.417. The molecule has 1 aromatic heterocycles. The summed E-state index contributed by atoms with van der Waals surface area (Å²) >= 11 is 6.15. The summed E-state index contributed by atoms with van der Waals surface area (Å²) in [5.74, 6) is -0.417. The third-order valence-electron chi connectivity index (χ3n) is 4.91. The number of hydrogen-bond acceptors (Lipinski definition) is 1. The van der Waals surface area contributed by atoms with E-state index in [-0.39, 0.29) is 0 Å². The number of nitrogens with two attached hydrogens (primary N) is 1. The molecule has 1 heterocycles. The van der Waals surface area contributed by atoms with Crippen LogP contribution in [-0.4, -0.2) is 10.5 Å². The number of aromatic nitrogens is 1. The molecule has 0 spiro atoms. The van der Waals surface area contributed by atoms with Crippen LogP contribution in [0.1, 0.15) is 21.6 Å². The topological polar surface area (TPSA) is 48.0 Å². The van der Waals surface area contributed by atoms with Crippen LogP contribution in [0.4, 0.5) is 0 Å². The van der Waals surface area contributed by atoms with Gasteiger partial charge in [0.25, 0.3) is 5.91 Å². The van der Waals surface area contributed by atoms with Gasteiger partial charge in [0.15, 0.2) is 0 Å². The van der Waals surface area contributed by atoms with Crippen molar-refractivity contribution in [2.75, 3.05) is 0 Å². The van der Waals surface area contributed by atoms with E-state index in [1.807, 2.05) is 49.4 Å². The van der Waals surface area contributed by atoms with Crippen LogP contribution >= 0.6 is 11.6 Å². The Morgan fingerprint density at radius 3 is 2.48 bits per heavy atom. The smallest absolute Gasteiger partial charge is 0.250 e. The van der Waals surface area contributed by atoms with E-state index in [0.29, 0.717) is 17.1 Å². The molecule has 4 heteroatoms. The van der Waals surface area contributed by atoms with Gasteiger partial charge in [0, 0.05) is 23.0 Å². The lowest BCUT2D eigenvalue weighted by Gasteiger charge is -2.13. The highest BCUT2D eigenvalue weighted by Gasteiger charge is 2.17. The van der Waals surface area contributed by atoms with E-state index < -0.39 is 5.91 Å². The first-order valence-corrected chi connectivity index (χ1v) is 9.14. The summed E-state index contributed by atoms with van der Waals surface area (Å²) in [7, 11) is 0. The van der Waals surface area contributed by atoms with Crippen molar-refractivity contribution in [2.24, 2.45) is 5.73 Å². The summed E-state index contributed by atoms with van der Waals surface area (Å²) in [6.07, 6.45) is 0. The van der Waals surface area contributed by atoms with Crippen molar-refractivity contribution in [2.45, 2.75) is 13.5 Å². The standard InChI is InChI=1S/C23H19ClN2O/c1-15-21(23(25)27)13-22(26(15)14-16-5-4-8-20(24)11-16)19-10-9-17-6-2-3-7-18(17)12-19/h2-13H,14H2,1H3,(H2,25,27). The van der Waals surface area contributed by atoms with E-state index in [1.165, 1.54) is 5.39 Å². The average Bonchev–Trinajstić information content (AvgIpc) is 2.98. The average molecular weight is 375 g/mol. The molecule has 0 bridgehead atoms. The zero-order chi connectivity index (χ0) is 19.0. The van der Waals surface area contributed by atoms with E-state index in [2.05, 4.69) is 34.9 Å². The van der Waals surface area contributed by atoms with Crippen LogP contribution in [0.5, 0.6) is 0 Å². The van der Waals surface area contributed by atoms with E-state index in [1.54, 1.807) is 0 Å². The van der Waals surface area contributed by atoms with Gasteiger partial charge in [-0.2, -0.15) is 0 Å². The highest BCUT2D eigenvalue weighted by molar-refractivity contribution is 6.30. The first kappa shape index (κ1) is 17.4. The third-order valence-corrected chi connectivity index (χ3v) is 5.14. The maximum atomic E-state index is 11.9. The van der Waals surface area contributed by atoms with Crippen LogP contribution in [0.2, 0.25) is 5.02 Å². The molecule has 0 atom stereocenters. The van der Waals surface area contributed by atoms with Gasteiger partial charge in [-0.15, -0.1) is 0 Å². The molecule has 134 valence electrons. The molecule has 3 aromatic carbocycles. The normalized spacial score (nSPS) is 11.0. The van der Waals surface area contributed by atoms with Crippen LogP contribution in [0, 0.1) is 6.92 Å². The van der Waals surface area contributed by atoms with Gasteiger partial charge in [0.05, 0.1) is 5.56 Å². The van der Waals surface area contributed by atoms with Gasteiger partial charge >= 0.3 is 0 Å². The number of carbonyl (C=O) groups excluding carboxylic acids is 1. The van der Waals surface area contributed by atoms with E-state index in [0.717, 1.165) is 27.9 Å². The number of fused-ring (bicyclic) bond motifs is 1. The van der Waals surface area contributed by atoms with Gasteiger partial charge in [0.2, 0.25) is 0 Å². The minimum Gasteiger partial charge on any atom is -0.366 e. The Kier molecular flexibility index (Phi) is 4.46. The number of nitrogens with zero attached hydrogens (tertiary/aromatic N) is 1. The summed E-state index contributed by atoms with van der Waals surface area (Å²) in [5, 5.41) is 3.03. The van der Waals surface area contributed by atoms with Crippen molar-refractivity contribution in [1.29, 1.82) is 0 Å². The number of halogens is 1. The van der Waals surface area contributed by atoms with Crippen LogP contribution in [0.25, 0.3) is 22.0 Å². The number of primary amides is 1. The van der Waals surface area contributed by atoms with Crippen LogP contribution in [-0.2, 0) is 6.54 Å². The molecular formula is C23H19ClN2O. The number of amides is 1. The van der Waals surface area contributed by atoms with Crippen molar-refractivity contribution in [1.82, 2.24) is 4.57 Å². The molecule has 0 saturated heterocycles. The Balaban J connectivity index is 1.87. The Morgan fingerprint density at radius 2 is 1.74 bits per heavy atom. The molecule has 0 fully saturated rings. The first-order chi connectivity index (χ1) is 13.0. The fraction of sp³-hybridized carbons (Fsp3) is 0.0870. The molecule has 4 rings (SSSR count). The highest BCUT2D eigenvalue weighted by atomic mass is 35.5. The number of benzene rings is 3. The number of rotatable bonds is 4. The van der Waals surface area contributed by atoms with Gasteiger partial charge in [0.1, 0.15) is 0 Å². The number of hydrogen-bond donors (Lipinski definition) is 1. The largest absolute Gasteiger partial charge is 0.366 e. The van der Waals surface area contributed by atoms with Gasteiger partial charge < -0.3 is 10.3 Å². The van der Waals surface area contributed by atoms with Gasteiger partial charge in [-0.3, -0.25) is 4.79 Å². The molecule has 0 unspecified atom stereocenters. The number of carbonyl (C=O) groups is 1. The molecule has 0 aliphatic heterocycles. The van der Waals surface area contributed by atoms with E-state index >= 15 is 0 Å². The van der Waals surface area contributed by atoms with Crippen molar-refractivity contribution >= 4 is 28.3 Å². The molecule has 4 aromatic rings. The fourth-order valence-corrected chi connectivity index (χ4v) is 3.72. The Bertz CT molecular complexity index is 1160. The van der Waals surface area contributed by atoms with E-state index in [9.17, 15) is 4.79 Å². The predicted octanol–water partition coefficient (Wildman–Crippen LogP) is 5.42. The molecule has 2 N–H and O–H groups in total. The molecule has 27 heavy (non-hydrogen) atoms. The zero-order valence-electron chi connectivity index (χ0n) is 14.9. The summed E-state index contributed by atoms with van der Waals surface area (Å²) in [6, 6.07) is 24.2. The fourth-order valence-electron chi connectivity index (χ4n) is 3.50. The van der Waals surface area contributed by atoms with Crippen LogP contribution < -0.4 is 5.73 Å². The predicted molar refractivity (Wildman–Crippen MR) is 111 cm³/mol.